The van der Waals surface area contributed by atoms with Gasteiger partial charge in [0.25, 0.3) is 11.8 Å². The summed E-state index contributed by atoms with van der Waals surface area (Å²) in [6.45, 7) is 7.18. The molecular formula is C19H27N5O3. The maximum Gasteiger partial charge on any atom is 0.287 e. The van der Waals surface area contributed by atoms with Gasteiger partial charge in [-0.05, 0) is 18.6 Å². The maximum absolute atomic E-state index is 12.6. The Bertz CT molecular complexity index is 783. The fraction of sp³-hybridized carbons (Fsp3) is 0.526. The molecule has 2 N–H and O–H groups in total. The molecule has 2 aromatic heterocycles. The number of pyridine rings is 1. The van der Waals surface area contributed by atoms with Gasteiger partial charge in [0.05, 0.1) is 18.7 Å². The Balaban J connectivity index is 1.68. The number of fused-ring (bicyclic) bond motifs is 1. The van der Waals surface area contributed by atoms with E-state index < -0.39 is 0 Å². The number of hydrogen-bond donors (Lipinski definition) is 2. The van der Waals surface area contributed by atoms with E-state index in [1.165, 1.54) is 0 Å². The van der Waals surface area contributed by atoms with E-state index in [1.807, 2.05) is 12.1 Å². The van der Waals surface area contributed by atoms with Gasteiger partial charge in [-0.1, -0.05) is 19.4 Å². The molecule has 0 aliphatic carbocycles. The molecule has 2 aromatic rings. The Morgan fingerprint density at radius 3 is 2.70 bits per heavy atom. The highest BCUT2D eigenvalue weighted by atomic mass is 16.5. The van der Waals surface area contributed by atoms with Crippen molar-refractivity contribution in [1.82, 2.24) is 24.9 Å². The number of rotatable bonds is 8. The van der Waals surface area contributed by atoms with Gasteiger partial charge in [0.1, 0.15) is 0 Å². The number of carbonyl (C=O) groups excluding carboxylic acids is 2. The van der Waals surface area contributed by atoms with Gasteiger partial charge in [-0.3, -0.25) is 18.9 Å². The van der Waals surface area contributed by atoms with Crippen LogP contribution in [0.3, 0.4) is 0 Å². The summed E-state index contributed by atoms with van der Waals surface area (Å²) in [7, 11) is 0. The summed E-state index contributed by atoms with van der Waals surface area (Å²) in [5.41, 5.74) is 0.912. The van der Waals surface area contributed by atoms with Gasteiger partial charge in [-0.25, -0.2) is 4.98 Å². The third-order valence-electron chi connectivity index (χ3n) is 4.60. The number of ether oxygens (including phenoxy) is 1. The minimum atomic E-state index is -0.280. The summed E-state index contributed by atoms with van der Waals surface area (Å²) in [4.78, 5) is 31.7. The number of morpholine rings is 1. The Hall–Kier alpha value is -2.45. The molecule has 1 aliphatic rings. The zero-order valence-corrected chi connectivity index (χ0v) is 15.7. The van der Waals surface area contributed by atoms with Crippen LogP contribution in [0.2, 0.25) is 0 Å². The van der Waals surface area contributed by atoms with Crippen LogP contribution in [0.15, 0.2) is 24.4 Å². The Morgan fingerprint density at radius 1 is 1.15 bits per heavy atom. The maximum atomic E-state index is 12.6. The van der Waals surface area contributed by atoms with E-state index in [-0.39, 0.29) is 23.3 Å². The summed E-state index contributed by atoms with van der Waals surface area (Å²) in [5.74, 6) is -0.301. The number of imidazole rings is 1. The SMILES string of the molecule is CCCCNC(=O)c1nc(C(=O)NCCN2CCOCC2)n2ccccc12. The second kappa shape index (κ2) is 9.48. The highest BCUT2D eigenvalue weighted by Gasteiger charge is 2.21. The minimum Gasteiger partial charge on any atom is -0.379 e. The fourth-order valence-corrected chi connectivity index (χ4v) is 3.06. The molecule has 1 saturated heterocycles. The van der Waals surface area contributed by atoms with Crippen molar-refractivity contribution in [2.24, 2.45) is 0 Å². The van der Waals surface area contributed by atoms with Crippen LogP contribution in [0, 0.1) is 0 Å². The lowest BCUT2D eigenvalue weighted by atomic mass is 10.3. The number of carbonyl (C=O) groups is 2. The van der Waals surface area contributed by atoms with Crippen LogP contribution in [0.25, 0.3) is 5.52 Å². The molecule has 0 atom stereocenters. The first-order valence-electron chi connectivity index (χ1n) is 9.54. The monoisotopic (exact) mass is 373 g/mol. The first kappa shape index (κ1) is 19.3. The number of unbranched alkanes of at least 4 members (excludes halogenated alkanes) is 1. The van der Waals surface area contributed by atoms with E-state index in [1.54, 1.807) is 16.7 Å². The molecule has 1 aliphatic heterocycles. The number of hydrogen-bond acceptors (Lipinski definition) is 5. The van der Waals surface area contributed by atoms with Gasteiger partial charge >= 0.3 is 0 Å². The standard InChI is InChI=1S/C19H27N5O3/c1-2-3-7-20-18(25)16-15-6-4-5-9-24(15)17(22-16)19(26)21-8-10-23-11-13-27-14-12-23/h4-6,9H,2-3,7-8,10-14H2,1H3,(H,20,25)(H,21,26). The largest absolute Gasteiger partial charge is 0.379 e. The summed E-state index contributed by atoms with van der Waals surface area (Å²) in [6, 6.07) is 5.45. The van der Waals surface area contributed by atoms with Gasteiger partial charge in [-0.2, -0.15) is 0 Å². The van der Waals surface area contributed by atoms with Gasteiger partial charge in [0.2, 0.25) is 5.82 Å². The summed E-state index contributed by atoms with van der Waals surface area (Å²) >= 11 is 0. The molecule has 0 aromatic carbocycles. The van der Waals surface area contributed by atoms with Crippen LogP contribution < -0.4 is 10.6 Å². The Labute approximate surface area is 158 Å². The second-order valence-corrected chi connectivity index (χ2v) is 6.56. The third-order valence-corrected chi connectivity index (χ3v) is 4.60. The number of amides is 2. The zero-order chi connectivity index (χ0) is 19.1. The number of nitrogens with one attached hydrogen (secondary N) is 2. The lowest BCUT2D eigenvalue weighted by Crippen LogP contribution is -2.41. The molecule has 2 amide bonds. The van der Waals surface area contributed by atoms with Crippen LogP contribution in [0.4, 0.5) is 0 Å². The lowest BCUT2D eigenvalue weighted by molar-refractivity contribution is 0.0383. The van der Waals surface area contributed by atoms with E-state index in [0.717, 1.165) is 45.7 Å². The first-order valence-corrected chi connectivity index (χ1v) is 9.54. The molecule has 8 heteroatoms. The number of nitrogens with zero attached hydrogens (tertiary/aromatic N) is 3. The molecule has 0 unspecified atom stereocenters. The minimum absolute atomic E-state index is 0.230. The lowest BCUT2D eigenvalue weighted by Gasteiger charge is -2.26. The quantitative estimate of drug-likeness (QED) is 0.672. The van der Waals surface area contributed by atoms with E-state index in [9.17, 15) is 9.59 Å². The van der Waals surface area contributed by atoms with E-state index in [4.69, 9.17) is 4.74 Å². The average molecular weight is 373 g/mol. The topological polar surface area (TPSA) is 88.0 Å². The van der Waals surface area contributed by atoms with E-state index in [2.05, 4.69) is 27.4 Å². The molecule has 1 fully saturated rings. The average Bonchev–Trinajstić information content (AvgIpc) is 3.09. The second-order valence-electron chi connectivity index (χ2n) is 6.56. The van der Waals surface area contributed by atoms with Gasteiger partial charge < -0.3 is 15.4 Å². The van der Waals surface area contributed by atoms with Gasteiger partial charge in [-0.15, -0.1) is 0 Å². The van der Waals surface area contributed by atoms with Gasteiger partial charge in [0.15, 0.2) is 5.69 Å². The van der Waals surface area contributed by atoms with Crippen LogP contribution in [-0.4, -0.2) is 72.0 Å². The van der Waals surface area contributed by atoms with Crippen LogP contribution in [0.5, 0.6) is 0 Å². The molecular weight excluding hydrogens is 346 g/mol. The highest BCUT2D eigenvalue weighted by molar-refractivity contribution is 6.02. The van der Waals surface area contributed by atoms with Crippen molar-refractivity contribution in [1.29, 1.82) is 0 Å². The van der Waals surface area contributed by atoms with Gasteiger partial charge in [0, 0.05) is 38.9 Å². The molecule has 0 radical (unpaired) electrons. The zero-order valence-electron chi connectivity index (χ0n) is 15.7. The predicted molar refractivity (Wildman–Crippen MR) is 102 cm³/mol. The van der Waals surface area contributed by atoms with Crippen LogP contribution >= 0.6 is 0 Å². The molecule has 0 bridgehead atoms. The van der Waals surface area contributed by atoms with Crippen molar-refractivity contribution in [2.45, 2.75) is 19.8 Å². The number of aromatic nitrogens is 2. The van der Waals surface area contributed by atoms with Crippen molar-refractivity contribution in [2.75, 3.05) is 45.9 Å². The summed E-state index contributed by atoms with van der Waals surface area (Å²) < 4.78 is 6.99. The third kappa shape index (κ3) is 4.84. The molecule has 3 rings (SSSR count). The molecule has 0 spiro atoms. The molecule has 146 valence electrons. The Morgan fingerprint density at radius 2 is 1.93 bits per heavy atom. The Kier molecular flexibility index (Phi) is 6.78. The predicted octanol–water partition coefficient (Wildman–Crippen LogP) is 0.926. The first-order chi connectivity index (χ1) is 13.2. The van der Waals surface area contributed by atoms with Crippen molar-refractivity contribution in [3.8, 4) is 0 Å². The summed E-state index contributed by atoms with van der Waals surface area (Å²) in [5, 5.41) is 5.77. The smallest absolute Gasteiger partial charge is 0.287 e. The van der Waals surface area contributed by atoms with Crippen molar-refractivity contribution >= 4 is 17.3 Å². The molecule has 27 heavy (non-hydrogen) atoms. The van der Waals surface area contributed by atoms with Crippen molar-refractivity contribution in [3.63, 3.8) is 0 Å². The van der Waals surface area contributed by atoms with Crippen LogP contribution in [0.1, 0.15) is 40.9 Å². The van der Waals surface area contributed by atoms with Crippen LogP contribution in [-0.2, 0) is 4.74 Å². The molecule has 8 nitrogen and oxygen atoms in total. The van der Waals surface area contributed by atoms with E-state index >= 15 is 0 Å². The summed E-state index contributed by atoms with van der Waals surface area (Å²) in [6.07, 6.45) is 3.66. The van der Waals surface area contributed by atoms with Crippen molar-refractivity contribution < 1.29 is 14.3 Å². The normalized spacial score (nSPS) is 15.0. The van der Waals surface area contributed by atoms with Crippen molar-refractivity contribution in [3.05, 3.63) is 35.9 Å². The molecule has 0 saturated carbocycles. The molecule has 3 heterocycles. The van der Waals surface area contributed by atoms with E-state index in [0.29, 0.717) is 18.6 Å². The highest BCUT2D eigenvalue weighted by Crippen LogP contribution is 2.13. The fourth-order valence-electron chi connectivity index (χ4n) is 3.06.